The first-order chi connectivity index (χ1) is 18.7. The number of aromatic nitrogens is 1. The van der Waals surface area contributed by atoms with Crippen molar-refractivity contribution in [1.29, 1.82) is 0 Å². The van der Waals surface area contributed by atoms with Crippen molar-refractivity contribution in [3.63, 3.8) is 0 Å². The van der Waals surface area contributed by atoms with E-state index in [0.29, 0.717) is 22.7 Å². The molecule has 0 bridgehead atoms. The Kier molecular flexibility index (Phi) is 7.27. The van der Waals surface area contributed by atoms with E-state index in [4.69, 9.17) is 11.6 Å². The standard InChI is InChI=1S/C33H29ClN2O3/c1-20-22(3)36(19-23-11-13-24(14-12-23)28-9-4-5-10-29(28)33(38)39)31-16-15-26(18-30(20)31)32(37)35-21(2)25-7-6-8-27(34)17-25/h4-18,21H,19H2,1-3H3,(H,35,37)(H,38,39)/t21-/m0/s1. The van der Waals surface area contributed by atoms with Crippen LogP contribution >= 0.6 is 11.6 Å². The monoisotopic (exact) mass is 536 g/mol. The molecule has 0 saturated heterocycles. The fraction of sp³-hybridized carbons (Fsp3) is 0.152. The molecule has 1 atom stereocenters. The lowest BCUT2D eigenvalue weighted by molar-refractivity contribution is 0.0697. The number of benzene rings is 4. The Labute approximate surface area is 232 Å². The minimum atomic E-state index is -0.938. The molecule has 196 valence electrons. The number of aromatic carboxylic acids is 1. The highest BCUT2D eigenvalue weighted by atomic mass is 35.5. The van der Waals surface area contributed by atoms with Crippen LogP contribution in [0.4, 0.5) is 0 Å². The molecule has 0 aliphatic carbocycles. The van der Waals surface area contributed by atoms with Gasteiger partial charge in [0.05, 0.1) is 11.6 Å². The Balaban J connectivity index is 1.39. The number of nitrogens with one attached hydrogen (secondary N) is 1. The summed E-state index contributed by atoms with van der Waals surface area (Å²) >= 11 is 6.12. The molecule has 5 aromatic rings. The first-order valence-electron chi connectivity index (χ1n) is 12.8. The summed E-state index contributed by atoms with van der Waals surface area (Å²) in [7, 11) is 0. The van der Waals surface area contributed by atoms with Crippen molar-refractivity contribution in [3.05, 3.63) is 130 Å². The maximum atomic E-state index is 13.1. The quantitative estimate of drug-likeness (QED) is 0.223. The third kappa shape index (κ3) is 5.31. The molecule has 1 aromatic heterocycles. The molecule has 1 amide bonds. The third-order valence-electron chi connectivity index (χ3n) is 7.36. The second kappa shape index (κ2) is 10.8. The number of carboxylic acids is 1. The number of halogens is 1. The van der Waals surface area contributed by atoms with Crippen molar-refractivity contribution < 1.29 is 14.7 Å². The normalized spacial score (nSPS) is 11.9. The van der Waals surface area contributed by atoms with E-state index in [1.165, 1.54) is 0 Å². The molecule has 2 N–H and O–H groups in total. The summed E-state index contributed by atoms with van der Waals surface area (Å²) in [6.45, 7) is 6.78. The number of amides is 1. The van der Waals surface area contributed by atoms with E-state index in [9.17, 15) is 14.7 Å². The second-order valence-electron chi connectivity index (χ2n) is 9.83. The van der Waals surface area contributed by atoms with Gasteiger partial charge in [0.15, 0.2) is 0 Å². The van der Waals surface area contributed by atoms with Crippen LogP contribution in [0.2, 0.25) is 5.02 Å². The van der Waals surface area contributed by atoms with E-state index in [1.54, 1.807) is 12.1 Å². The number of carbonyl (C=O) groups is 2. The van der Waals surface area contributed by atoms with Gasteiger partial charge in [0, 0.05) is 33.7 Å². The average Bonchev–Trinajstić information content (AvgIpc) is 3.17. The summed E-state index contributed by atoms with van der Waals surface area (Å²) in [5, 5.41) is 14.3. The molecule has 0 spiro atoms. The van der Waals surface area contributed by atoms with Gasteiger partial charge in [-0.25, -0.2) is 4.79 Å². The maximum Gasteiger partial charge on any atom is 0.336 e. The highest BCUT2D eigenvalue weighted by Crippen LogP contribution is 2.29. The van der Waals surface area contributed by atoms with Crippen molar-refractivity contribution in [2.75, 3.05) is 0 Å². The number of carbonyl (C=O) groups excluding carboxylic acids is 1. The largest absolute Gasteiger partial charge is 0.478 e. The lowest BCUT2D eigenvalue weighted by Crippen LogP contribution is -2.26. The van der Waals surface area contributed by atoms with Gasteiger partial charge in [0.25, 0.3) is 5.91 Å². The van der Waals surface area contributed by atoms with E-state index < -0.39 is 5.97 Å². The van der Waals surface area contributed by atoms with Gasteiger partial charge in [-0.3, -0.25) is 4.79 Å². The zero-order chi connectivity index (χ0) is 27.7. The summed E-state index contributed by atoms with van der Waals surface area (Å²) in [5.41, 5.74) is 7.84. The first-order valence-corrected chi connectivity index (χ1v) is 13.2. The van der Waals surface area contributed by atoms with Crippen LogP contribution in [0.5, 0.6) is 0 Å². The van der Waals surface area contributed by atoms with Gasteiger partial charge in [0.2, 0.25) is 0 Å². The summed E-state index contributed by atoms with van der Waals surface area (Å²) in [5.74, 6) is -1.07. The van der Waals surface area contributed by atoms with Crippen LogP contribution in [0.25, 0.3) is 22.0 Å². The molecule has 1 heterocycles. The molecule has 5 nitrogen and oxygen atoms in total. The Morgan fingerprint density at radius 2 is 1.67 bits per heavy atom. The van der Waals surface area contributed by atoms with Gasteiger partial charge in [-0.2, -0.15) is 0 Å². The molecule has 4 aromatic carbocycles. The molecular weight excluding hydrogens is 508 g/mol. The average molecular weight is 537 g/mol. The topological polar surface area (TPSA) is 71.3 Å². The number of rotatable bonds is 7. The van der Waals surface area contributed by atoms with Crippen LogP contribution in [0.1, 0.15) is 56.1 Å². The molecular formula is C33H29ClN2O3. The van der Waals surface area contributed by atoms with E-state index in [-0.39, 0.29) is 17.5 Å². The number of hydrogen-bond donors (Lipinski definition) is 2. The molecule has 5 rings (SSSR count). The predicted molar refractivity (Wildman–Crippen MR) is 157 cm³/mol. The van der Waals surface area contributed by atoms with Gasteiger partial charge in [-0.05, 0) is 85.0 Å². The van der Waals surface area contributed by atoms with Crippen molar-refractivity contribution in [3.8, 4) is 11.1 Å². The Hall–Kier alpha value is -4.35. The van der Waals surface area contributed by atoms with Gasteiger partial charge in [-0.15, -0.1) is 0 Å². The van der Waals surface area contributed by atoms with Crippen LogP contribution in [0, 0.1) is 13.8 Å². The summed E-state index contributed by atoms with van der Waals surface area (Å²) in [6, 6.07) is 28.2. The van der Waals surface area contributed by atoms with Crippen LogP contribution in [-0.4, -0.2) is 21.6 Å². The lowest BCUT2D eigenvalue weighted by Gasteiger charge is -2.15. The van der Waals surface area contributed by atoms with Crippen molar-refractivity contribution in [2.45, 2.75) is 33.4 Å². The molecule has 0 aliphatic heterocycles. The Bertz CT molecular complexity index is 1700. The van der Waals surface area contributed by atoms with E-state index in [2.05, 4.69) is 23.7 Å². The molecule has 39 heavy (non-hydrogen) atoms. The Morgan fingerprint density at radius 3 is 2.38 bits per heavy atom. The second-order valence-corrected chi connectivity index (χ2v) is 10.3. The highest BCUT2D eigenvalue weighted by molar-refractivity contribution is 6.30. The van der Waals surface area contributed by atoms with Gasteiger partial charge in [0.1, 0.15) is 0 Å². The maximum absolute atomic E-state index is 13.1. The third-order valence-corrected chi connectivity index (χ3v) is 7.60. The van der Waals surface area contributed by atoms with Crippen LogP contribution < -0.4 is 5.32 Å². The molecule has 0 radical (unpaired) electrons. The van der Waals surface area contributed by atoms with Gasteiger partial charge >= 0.3 is 5.97 Å². The molecule has 0 unspecified atom stereocenters. The number of aryl methyl sites for hydroxylation is 1. The minimum Gasteiger partial charge on any atom is -0.478 e. The van der Waals surface area contributed by atoms with Crippen LogP contribution in [0.3, 0.4) is 0 Å². The van der Waals surface area contributed by atoms with Crippen LogP contribution in [0.15, 0.2) is 91.0 Å². The van der Waals surface area contributed by atoms with Crippen molar-refractivity contribution in [2.24, 2.45) is 0 Å². The molecule has 0 saturated carbocycles. The van der Waals surface area contributed by atoms with Crippen molar-refractivity contribution >= 4 is 34.4 Å². The fourth-order valence-corrected chi connectivity index (χ4v) is 5.23. The first kappa shape index (κ1) is 26.3. The lowest BCUT2D eigenvalue weighted by atomic mass is 9.99. The zero-order valence-electron chi connectivity index (χ0n) is 22.0. The van der Waals surface area contributed by atoms with Crippen molar-refractivity contribution in [1.82, 2.24) is 9.88 Å². The summed E-state index contributed by atoms with van der Waals surface area (Å²) in [4.78, 5) is 24.7. The Morgan fingerprint density at radius 1 is 0.923 bits per heavy atom. The number of hydrogen-bond acceptors (Lipinski definition) is 2. The number of fused-ring (bicyclic) bond motifs is 1. The number of nitrogens with zero attached hydrogens (tertiary/aromatic N) is 1. The SMILES string of the molecule is Cc1c(C)n(Cc2ccc(-c3ccccc3C(=O)O)cc2)c2ccc(C(=O)N[C@@H](C)c3cccc(Cl)c3)cc12. The summed E-state index contributed by atoms with van der Waals surface area (Å²) in [6.07, 6.45) is 0. The molecule has 0 aliphatic rings. The minimum absolute atomic E-state index is 0.133. The van der Waals surface area contributed by atoms with E-state index in [0.717, 1.165) is 38.9 Å². The van der Waals surface area contributed by atoms with Gasteiger partial charge in [-0.1, -0.05) is 66.2 Å². The molecule has 6 heteroatoms. The summed E-state index contributed by atoms with van der Waals surface area (Å²) < 4.78 is 2.25. The fourth-order valence-electron chi connectivity index (χ4n) is 5.03. The van der Waals surface area contributed by atoms with Crippen LogP contribution in [-0.2, 0) is 6.54 Å². The van der Waals surface area contributed by atoms with E-state index in [1.807, 2.05) is 85.8 Å². The predicted octanol–water partition coefficient (Wildman–Crippen LogP) is 7.82. The van der Waals surface area contributed by atoms with Gasteiger partial charge < -0.3 is 15.0 Å². The number of carboxylic acid groups (broad SMARTS) is 1. The zero-order valence-corrected chi connectivity index (χ0v) is 22.8. The van der Waals surface area contributed by atoms with E-state index >= 15 is 0 Å². The highest BCUT2D eigenvalue weighted by Gasteiger charge is 2.17. The smallest absolute Gasteiger partial charge is 0.336 e. The molecule has 0 fully saturated rings.